The normalized spacial score (nSPS) is 12.9. The van der Waals surface area contributed by atoms with Crippen molar-refractivity contribution >= 4 is 22.6 Å². The number of aromatic hydroxyl groups is 1. The Hall–Kier alpha value is -0.250. The molecule has 1 aromatic rings. The minimum atomic E-state index is -0.0478. The Kier molecular flexibility index (Phi) is 3.63. The minimum Gasteiger partial charge on any atom is -0.507 e. The Morgan fingerprint density at radius 2 is 1.44 bits per heavy atom. The third kappa shape index (κ3) is 2.90. The fourth-order valence-corrected chi connectivity index (χ4v) is 2.21. The summed E-state index contributed by atoms with van der Waals surface area (Å²) in [6.07, 6.45) is 0. The molecular formula is C14H21IO. The van der Waals surface area contributed by atoms with Crippen molar-refractivity contribution in [1.29, 1.82) is 0 Å². The van der Waals surface area contributed by atoms with Gasteiger partial charge in [-0.25, -0.2) is 0 Å². The quantitative estimate of drug-likeness (QED) is 0.585. The Balaban J connectivity index is 3.51. The number of phenolic OH excluding ortho intramolecular Hbond substituents is 1. The first kappa shape index (κ1) is 13.8. The number of hydrogen-bond acceptors (Lipinski definition) is 1. The van der Waals surface area contributed by atoms with Gasteiger partial charge in [-0.2, -0.15) is 0 Å². The average molecular weight is 332 g/mol. The number of phenols is 1. The van der Waals surface area contributed by atoms with Gasteiger partial charge in [0, 0.05) is 8.99 Å². The first-order valence-electron chi connectivity index (χ1n) is 5.57. The molecule has 0 bridgehead atoms. The molecule has 0 saturated heterocycles. The van der Waals surface area contributed by atoms with Crippen LogP contribution in [0.3, 0.4) is 0 Å². The predicted octanol–water partition coefficient (Wildman–Crippen LogP) is 4.67. The molecule has 0 aliphatic rings. The smallest absolute Gasteiger partial charge is 0.123 e. The van der Waals surface area contributed by atoms with Crippen molar-refractivity contribution in [2.24, 2.45) is 0 Å². The van der Waals surface area contributed by atoms with Crippen molar-refractivity contribution in [2.75, 3.05) is 0 Å². The van der Waals surface area contributed by atoms with E-state index >= 15 is 0 Å². The SMILES string of the molecule is Cc1cc(C(C)(C)C)c(O)c(C(C)(C)I)c1. The lowest BCUT2D eigenvalue weighted by molar-refractivity contribution is 0.436. The minimum absolute atomic E-state index is 0.0211. The second kappa shape index (κ2) is 4.21. The average Bonchev–Trinajstić information content (AvgIpc) is 2.04. The Morgan fingerprint density at radius 3 is 1.81 bits per heavy atom. The van der Waals surface area contributed by atoms with Gasteiger partial charge in [0.2, 0.25) is 0 Å². The first-order valence-corrected chi connectivity index (χ1v) is 6.65. The van der Waals surface area contributed by atoms with Crippen LogP contribution in [0.15, 0.2) is 12.1 Å². The zero-order valence-electron chi connectivity index (χ0n) is 11.0. The third-order valence-corrected chi connectivity index (χ3v) is 3.28. The first-order chi connectivity index (χ1) is 7.03. The number of benzene rings is 1. The van der Waals surface area contributed by atoms with Crippen LogP contribution in [0.1, 0.15) is 51.3 Å². The second-order valence-corrected chi connectivity index (χ2v) is 8.63. The summed E-state index contributed by atoms with van der Waals surface area (Å²) in [5, 5.41) is 10.4. The van der Waals surface area contributed by atoms with Crippen LogP contribution in [-0.2, 0) is 8.84 Å². The number of hydrogen-bond donors (Lipinski definition) is 1. The molecule has 2 heteroatoms. The fourth-order valence-electron chi connectivity index (χ4n) is 1.80. The van der Waals surface area contributed by atoms with Gasteiger partial charge < -0.3 is 5.11 Å². The molecule has 0 heterocycles. The van der Waals surface area contributed by atoms with Gasteiger partial charge in [0.1, 0.15) is 5.75 Å². The molecule has 0 aromatic heterocycles. The zero-order valence-corrected chi connectivity index (χ0v) is 13.1. The highest BCUT2D eigenvalue weighted by molar-refractivity contribution is 14.1. The highest BCUT2D eigenvalue weighted by Gasteiger charge is 2.26. The van der Waals surface area contributed by atoms with Crippen LogP contribution in [0.2, 0.25) is 0 Å². The summed E-state index contributed by atoms with van der Waals surface area (Å²) in [6.45, 7) is 12.7. The van der Waals surface area contributed by atoms with Crippen molar-refractivity contribution in [1.82, 2.24) is 0 Å². The van der Waals surface area contributed by atoms with Crippen LogP contribution >= 0.6 is 22.6 Å². The van der Waals surface area contributed by atoms with Crippen molar-refractivity contribution in [3.63, 3.8) is 0 Å². The molecule has 0 radical (unpaired) electrons. The summed E-state index contributed by atoms with van der Waals surface area (Å²) in [7, 11) is 0. The van der Waals surface area contributed by atoms with Crippen molar-refractivity contribution in [2.45, 2.75) is 50.4 Å². The standard InChI is InChI=1S/C14H21IO/c1-9-7-10(13(2,3)4)12(16)11(8-9)14(5,6)15/h7-8,16H,1-6H3. The van der Waals surface area contributed by atoms with Crippen LogP contribution in [0.5, 0.6) is 5.75 Å². The maximum atomic E-state index is 10.4. The second-order valence-electron chi connectivity index (χ2n) is 5.93. The third-order valence-electron chi connectivity index (χ3n) is 2.70. The molecule has 1 rings (SSSR count). The molecule has 1 nitrogen and oxygen atoms in total. The molecule has 90 valence electrons. The molecule has 0 aliphatic carbocycles. The Bertz CT molecular complexity index is 359. The van der Waals surface area contributed by atoms with E-state index < -0.39 is 0 Å². The summed E-state index contributed by atoms with van der Waals surface area (Å²) in [5.74, 6) is 0.456. The maximum Gasteiger partial charge on any atom is 0.123 e. The van der Waals surface area contributed by atoms with E-state index in [1.807, 2.05) is 0 Å². The maximum absolute atomic E-state index is 10.4. The Morgan fingerprint density at radius 1 is 1.00 bits per heavy atom. The molecule has 0 amide bonds. The molecule has 0 unspecified atom stereocenters. The van der Waals surface area contributed by atoms with Crippen molar-refractivity contribution < 1.29 is 5.11 Å². The molecule has 1 N–H and O–H groups in total. The van der Waals surface area contributed by atoms with Crippen LogP contribution in [-0.4, -0.2) is 5.11 Å². The van der Waals surface area contributed by atoms with Gasteiger partial charge in [0.15, 0.2) is 0 Å². The highest BCUT2D eigenvalue weighted by Crippen LogP contribution is 2.42. The van der Waals surface area contributed by atoms with E-state index in [-0.39, 0.29) is 8.84 Å². The number of alkyl halides is 1. The van der Waals surface area contributed by atoms with E-state index in [1.165, 1.54) is 5.56 Å². The van der Waals surface area contributed by atoms with Crippen molar-refractivity contribution in [3.05, 3.63) is 28.8 Å². The van der Waals surface area contributed by atoms with E-state index in [0.717, 1.165) is 11.1 Å². The van der Waals surface area contributed by atoms with E-state index in [9.17, 15) is 5.11 Å². The molecule has 0 aliphatic heterocycles. The van der Waals surface area contributed by atoms with E-state index in [0.29, 0.717) is 5.75 Å². The fraction of sp³-hybridized carbons (Fsp3) is 0.571. The van der Waals surface area contributed by atoms with Crippen LogP contribution in [0, 0.1) is 6.92 Å². The molecule has 0 saturated carbocycles. The number of halogens is 1. The van der Waals surface area contributed by atoms with Gasteiger partial charge in [-0.3, -0.25) is 0 Å². The van der Waals surface area contributed by atoms with Crippen LogP contribution in [0.4, 0.5) is 0 Å². The zero-order chi connectivity index (χ0) is 12.7. The van der Waals surface area contributed by atoms with E-state index in [4.69, 9.17) is 0 Å². The lowest BCUT2D eigenvalue weighted by atomic mass is 9.82. The molecule has 0 atom stereocenters. The van der Waals surface area contributed by atoms with Gasteiger partial charge in [0.05, 0.1) is 0 Å². The van der Waals surface area contributed by atoms with Gasteiger partial charge >= 0.3 is 0 Å². The lowest BCUT2D eigenvalue weighted by Gasteiger charge is -2.26. The summed E-state index contributed by atoms with van der Waals surface area (Å²) in [4.78, 5) is 0. The molecule has 0 fully saturated rings. The number of rotatable bonds is 1. The van der Waals surface area contributed by atoms with E-state index in [1.54, 1.807) is 0 Å². The van der Waals surface area contributed by atoms with Crippen LogP contribution < -0.4 is 0 Å². The van der Waals surface area contributed by atoms with Gasteiger partial charge in [0.25, 0.3) is 0 Å². The summed E-state index contributed by atoms with van der Waals surface area (Å²) < 4.78 is -0.0478. The molecule has 1 aromatic carbocycles. The van der Waals surface area contributed by atoms with Gasteiger partial charge in [-0.1, -0.05) is 61.1 Å². The topological polar surface area (TPSA) is 20.2 Å². The molecular weight excluding hydrogens is 311 g/mol. The largest absolute Gasteiger partial charge is 0.507 e. The van der Waals surface area contributed by atoms with Gasteiger partial charge in [-0.15, -0.1) is 0 Å². The lowest BCUT2D eigenvalue weighted by Crippen LogP contribution is -2.15. The van der Waals surface area contributed by atoms with Crippen molar-refractivity contribution in [3.8, 4) is 5.75 Å². The summed E-state index contributed by atoms with van der Waals surface area (Å²) in [5.41, 5.74) is 3.25. The molecule has 16 heavy (non-hydrogen) atoms. The highest BCUT2D eigenvalue weighted by atomic mass is 127. The summed E-state index contributed by atoms with van der Waals surface area (Å²) >= 11 is 2.37. The molecule has 0 spiro atoms. The van der Waals surface area contributed by atoms with Crippen LogP contribution in [0.25, 0.3) is 0 Å². The summed E-state index contributed by atoms with van der Waals surface area (Å²) in [6, 6.07) is 4.16. The number of aryl methyl sites for hydroxylation is 1. The predicted molar refractivity (Wildman–Crippen MR) is 78.6 cm³/mol. The Labute approximate surface area is 112 Å². The monoisotopic (exact) mass is 332 g/mol. The van der Waals surface area contributed by atoms with E-state index in [2.05, 4.69) is 76.3 Å². The van der Waals surface area contributed by atoms with Gasteiger partial charge in [-0.05, 0) is 31.7 Å².